The second kappa shape index (κ2) is 6.27. The molecule has 2 aromatic carbocycles. The van der Waals surface area contributed by atoms with Crippen molar-refractivity contribution in [1.29, 1.82) is 0 Å². The van der Waals surface area contributed by atoms with Crippen LogP contribution in [-0.4, -0.2) is 16.9 Å². The molecule has 0 bridgehead atoms. The number of para-hydroxylation sites is 1. The molecular formula is C18H14N2O3. The first-order valence-electron chi connectivity index (χ1n) is 7.07. The number of rotatable bonds is 3. The summed E-state index contributed by atoms with van der Waals surface area (Å²) < 4.78 is 4.99. The number of carbonyl (C=O) groups is 2. The number of esters is 1. The molecule has 23 heavy (non-hydrogen) atoms. The standard InChI is InChI=1S/C18H14N2O3/c1-12(21)23-15-8-2-6-14(11-15)18(22)20-16-9-3-5-13-7-4-10-19-17(13)16/h2-11H,1H3,(H,20,22). The van der Waals surface area contributed by atoms with Crippen molar-refractivity contribution >= 4 is 28.5 Å². The number of hydrogen-bond donors (Lipinski definition) is 1. The van der Waals surface area contributed by atoms with Gasteiger partial charge in [0.25, 0.3) is 5.91 Å². The lowest BCUT2D eigenvalue weighted by atomic mass is 10.1. The Hall–Kier alpha value is -3.21. The van der Waals surface area contributed by atoms with E-state index in [4.69, 9.17) is 4.74 Å². The van der Waals surface area contributed by atoms with Crippen LogP contribution in [0.3, 0.4) is 0 Å². The molecule has 1 aromatic heterocycles. The first-order chi connectivity index (χ1) is 11.1. The number of nitrogens with zero attached hydrogens (tertiary/aromatic N) is 1. The van der Waals surface area contributed by atoms with Crippen LogP contribution in [0.15, 0.2) is 60.8 Å². The molecule has 3 aromatic rings. The summed E-state index contributed by atoms with van der Waals surface area (Å²) in [6, 6.07) is 15.8. The monoisotopic (exact) mass is 306 g/mol. The van der Waals surface area contributed by atoms with E-state index in [9.17, 15) is 9.59 Å². The third-order valence-corrected chi connectivity index (χ3v) is 3.24. The first-order valence-corrected chi connectivity index (χ1v) is 7.07. The summed E-state index contributed by atoms with van der Waals surface area (Å²) in [5, 5.41) is 3.78. The van der Waals surface area contributed by atoms with Crippen molar-refractivity contribution in [1.82, 2.24) is 4.98 Å². The lowest BCUT2D eigenvalue weighted by molar-refractivity contribution is -0.131. The molecule has 0 aliphatic heterocycles. The first kappa shape index (κ1) is 14.7. The predicted molar refractivity (Wildman–Crippen MR) is 87.4 cm³/mol. The summed E-state index contributed by atoms with van der Waals surface area (Å²) in [6.07, 6.45) is 1.68. The number of pyridine rings is 1. The molecule has 1 N–H and O–H groups in total. The van der Waals surface area contributed by atoms with Crippen LogP contribution in [0.4, 0.5) is 5.69 Å². The second-order valence-electron chi connectivity index (χ2n) is 4.96. The average molecular weight is 306 g/mol. The highest BCUT2D eigenvalue weighted by molar-refractivity contribution is 6.08. The zero-order chi connectivity index (χ0) is 16.2. The maximum absolute atomic E-state index is 12.4. The van der Waals surface area contributed by atoms with Crippen molar-refractivity contribution in [2.75, 3.05) is 5.32 Å². The fourth-order valence-electron chi connectivity index (χ4n) is 2.27. The van der Waals surface area contributed by atoms with Crippen molar-refractivity contribution in [3.63, 3.8) is 0 Å². The average Bonchev–Trinajstić information content (AvgIpc) is 2.55. The normalized spacial score (nSPS) is 10.3. The molecule has 0 atom stereocenters. The van der Waals surface area contributed by atoms with Gasteiger partial charge >= 0.3 is 5.97 Å². The summed E-state index contributed by atoms with van der Waals surface area (Å²) in [7, 11) is 0. The Kier molecular flexibility index (Phi) is 4.01. The van der Waals surface area contributed by atoms with Gasteiger partial charge in [0.05, 0.1) is 11.2 Å². The van der Waals surface area contributed by atoms with Gasteiger partial charge in [0, 0.05) is 24.1 Å². The van der Waals surface area contributed by atoms with Gasteiger partial charge in [-0.05, 0) is 30.3 Å². The van der Waals surface area contributed by atoms with Gasteiger partial charge in [-0.15, -0.1) is 0 Å². The number of aromatic nitrogens is 1. The van der Waals surface area contributed by atoms with Crippen molar-refractivity contribution in [2.24, 2.45) is 0 Å². The molecule has 0 saturated heterocycles. The van der Waals surface area contributed by atoms with Crippen LogP contribution in [0, 0.1) is 0 Å². The van der Waals surface area contributed by atoms with E-state index < -0.39 is 5.97 Å². The minimum absolute atomic E-state index is 0.294. The van der Waals surface area contributed by atoms with Gasteiger partial charge in [-0.1, -0.05) is 24.3 Å². The highest BCUT2D eigenvalue weighted by Crippen LogP contribution is 2.22. The van der Waals surface area contributed by atoms with E-state index in [2.05, 4.69) is 10.3 Å². The predicted octanol–water partition coefficient (Wildman–Crippen LogP) is 3.41. The van der Waals surface area contributed by atoms with Gasteiger partial charge in [0.2, 0.25) is 0 Å². The molecule has 0 spiro atoms. The Morgan fingerprint density at radius 3 is 2.65 bits per heavy atom. The number of hydrogen-bond acceptors (Lipinski definition) is 4. The molecular weight excluding hydrogens is 292 g/mol. The lowest BCUT2D eigenvalue weighted by Gasteiger charge is -2.09. The Bertz CT molecular complexity index is 885. The maximum Gasteiger partial charge on any atom is 0.308 e. The Labute approximate surface area is 132 Å². The van der Waals surface area contributed by atoms with Gasteiger partial charge in [-0.2, -0.15) is 0 Å². The Balaban J connectivity index is 1.88. The Morgan fingerprint density at radius 2 is 1.83 bits per heavy atom. The summed E-state index contributed by atoms with van der Waals surface area (Å²) in [6.45, 7) is 1.31. The molecule has 0 aliphatic carbocycles. The zero-order valence-electron chi connectivity index (χ0n) is 12.4. The van der Waals surface area contributed by atoms with E-state index in [1.54, 1.807) is 30.5 Å². The van der Waals surface area contributed by atoms with Gasteiger partial charge < -0.3 is 10.1 Å². The number of ether oxygens (including phenoxy) is 1. The van der Waals surface area contributed by atoms with Gasteiger partial charge in [0.1, 0.15) is 5.75 Å². The van der Waals surface area contributed by atoms with E-state index in [-0.39, 0.29) is 5.91 Å². The smallest absolute Gasteiger partial charge is 0.308 e. The molecule has 5 nitrogen and oxygen atoms in total. The molecule has 0 radical (unpaired) electrons. The van der Waals surface area contributed by atoms with Gasteiger partial charge in [0.15, 0.2) is 0 Å². The van der Waals surface area contributed by atoms with E-state index in [1.165, 1.54) is 13.0 Å². The molecule has 0 aliphatic rings. The third kappa shape index (κ3) is 3.35. The quantitative estimate of drug-likeness (QED) is 0.595. The Morgan fingerprint density at radius 1 is 1.04 bits per heavy atom. The molecule has 5 heteroatoms. The topological polar surface area (TPSA) is 68.3 Å². The fraction of sp³-hybridized carbons (Fsp3) is 0.0556. The van der Waals surface area contributed by atoms with Crippen molar-refractivity contribution in [3.05, 3.63) is 66.4 Å². The minimum Gasteiger partial charge on any atom is -0.427 e. The fourth-order valence-corrected chi connectivity index (χ4v) is 2.27. The van der Waals surface area contributed by atoms with Crippen LogP contribution in [0.2, 0.25) is 0 Å². The number of fused-ring (bicyclic) bond motifs is 1. The number of amides is 1. The van der Waals surface area contributed by atoms with Crippen LogP contribution < -0.4 is 10.1 Å². The highest BCUT2D eigenvalue weighted by Gasteiger charge is 2.10. The SMILES string of the molecule is CC(=O)Oc1cccc(C(=O)Nc2cccc3cccnc23)c1. The largest absolute Gasteiger partial charge is 0.427 e. The van der Waals surface area contributed by atoms with Crippen molar-refractivity contribution in [2.45, 2.75) is 6.92 Å². The van der Waals surface area contributed by atoms with E-state index in [0.29, 0.717) is 17.0 Å². The number of carbonyl (C=O) groups excluding carboxylic acids is 2. The lowest BCUT2D eigenvalue weighted by Crippen LogP contribution is -2.13. The van der Waals surface area contributed by atoms with Crippen LogP contribution in [-0.2, 0) is 4.79 Å². The van der Waals surface area contributed by atoms with Crippen molar-refractivity contribution < 1.29 is 14.3 Å². The number of nitrogens with one attached hydrogen (secondary N) is 1. The second-order valence-corrected chi connectivity index (χ2v) is 4.96. The van der Waals surface area contributed by atoms with E-state index in [0.717, 1.165) is 10.9 Å². The van der Waals surface area contributed by atoms with Crippen LogP contribution in [0.1, 0.15) is 17.3 Å². The molecule has 1 amide bonds. The van der Waals surface area contributed by atoms with E-state index in [1.807, 2.05) is 24.3 Å². The van der Waals surface area contributed by atoms with Gasteiger partial charge in [-0.3, -0.25) is 14.6 Å². The molecule has 3 rings (SSSR count). The van der Waals surface area contributed by atoms with Crippen LogP contribution in [0.25, 0.3) is 10.9 Å². The summed E-state index contributed by atoms with van der Waals surface area (Å²) in [5.41, 5.74) is 1.75. The zero-order valence-corrected chi connectivity index (χ0v) is 12.4. The summed E-state index contributed by atoms with van der Waals surface area (Å²) in [4.78, 5) is 27.7. The molecule has 1 heterocycles. The summed E-state index contributed by atoms with van der Waals surface area (Å²) in [5.74, 6) is -0.390. The van der Waals surface area contributed by atoms with Crippen molar-refractivity contribution in [3.8, 4) is 5.75 Å². The molecule has 0 saturated carbocycles. The minimum atomic E-state index is -0.430. The summed E-state index contributed by atoms with van der Waals surface area (Å²) >= 11 is 0. The molecule has 114 valence electrons. The van der Waals surface area contributed by atoms with Crippen LogP contribution in [0.5, 0.6) is 5.75 Å². The maximum atomic E-state index is 12.4. The number of benzene rings is 2. The number of anilines is 1. The van der Waals surface area contributed by atoms with Gasteiger partial charge in [-0.25, -0.2) is 0 Å². The molecule has 0 fully saturated rings. The van der Waals surface area contributed by atoms with Crippen LogP contribution >= 0.6 is 0 Å². The van der Waals surface area contributed by atoms with E-state index >= 15 is 0 Å². The molecule has 0 unspecified atom stereocenters. The highest BCUT2D eigenvalue weighted by atomic mass is 16.5. The third-order valence-electron chi connectivity index (χ3n) is 3.24.